The van der Waals surface area contributed by atoms with Crippen molar-refractivity contribution in [3.8, 4) is 0 Å². The van der Waals surface area contributed by atoms with Gasteiger partial charge >= 0.3 is 17.9 Å². The first-order chi connectivity index (χ1) is 37.4. The SMILES string of the molecule is CC[C@H]1OC(=O)[C@H](C)[C@@H](O[C@H]2C[C@@](C)(OC)[C@@H](OC(=O)CCN(C)CCNc3cc4c(=O)c(C(=O)OC)cn(C5CC5)c4cc3Cl)[C@H](C)O2)[C@H](C)[C@@H](O[C@@H]2O[C@H](C)C[C@H](N(C)C)[C@H]2O)[C@](C)(O)C[C@@H](C)CN(C)[C@H](C)[C@@H](O)[C@]1(C)O. The van der Waals surface area contributed by atoms with Crippen molar-refractivity contribution in [1.82, 2.24) is 19.3 Å². The third kappa shape index (κ3) is 15.0. The molecule has 5 N–H and O–H groups in total. The number of hydrogen-bond acceptors (Lipinski definition) is 20. The highest BCUT2D eigenvalue weighted by Gasteiger charge is 2.54. The Morgan fingerprint density at radius 3 is 2.23 bits per heavy atom. The molecule has 0 unspecified atom stereocenters. The number of nitrogens with zero attached hydrogens (tertiary/aromatic N) is 4. The Bertz CT molecular complexity index is 2490. The second-order valence-corrected chi connectivity index (χ2v) is 24.9. The van der Waals surface area contributed by atoms with Crippen LogP contribution in [0, 0.1) is 17.8 Å². The van der Waals surface area contributed by atoms with Crippen molar-refractivity contribution in [2.75, 3.05) is 73.9 Å². The summed E-state index contributed by atoms with van der Waals surface area (Å²) in [6.07, 6.45) is -5.72. The van der Waals surface area contributed by atoms with Gasteiger partial charge in [0, 0.05) is 75.3 Å². The second-order valence-electron chi connectivity index (χ2n) is 24.5. The van der Waals surface area contributed by atoms with Crippen molar-refractivity contribution < 1.29 is 72.7 Å². The van der Waals surface area contributed by atoms with Gasteiger partial charge in [-0.1, -0.05) is 32.4 Å². The summed E-state index contributed by atoms with van der Waals surface area (Å²) in [5.74, 6) is -4.08. The van der Waals surface area contributed by atoms with Gasteiger partial charge < -0.3 is 82.9 Å². The number of carbonyl (C=O) groups excluding carboxylic acids is 3. The minimum Gasteiger partial charge on any atom is -0.465 e. The lowest BCUT2D eigenvalue weighted by atomic mass is 9.77. The quantitative estimate of drug-likeness (QED) is 0.104. The molecule has 2 aromatic rings. The minimum atomic E-state index is -1.87. The average Bonchev–Trinajstić information content (AvgIpc) is 4.40. The third-order valence-electron chi connectivity index (χ3n) is 17.4. The molecule has 4 aliphatic rings. The normalized spacial score (nSPS) is 37.2. The lowest BCUT2D eigenvalue weighted by Crippen LogP contribution is -2.61. The van der Waals surface area contributed by atoms with Crippen LogP contribution in [0.3, 0.4) is 0 Å². The Hall–Kier alpha value is -3.55. The van der Waals surface area contributed by atoms with E-state index in [-0.39, 0.29) is 55.4 Å². The average molecular weight is 1150 g/mol. The molecule has 3 aliphatic heterocycles. The summed E-state index contributed by atoms with van der Waals surface area (Å²) >= 11 is 6.73. The Morgan fingerprint density at radius 2 is 1.61 bits per heavy atom. The van der Waals surface area contributed by atoms with E-state index in [1.54, 1.807) is 66.8 Å². The summed E-state index contributed by atoms with van der Waals surface area (Å²) in [4.78, 5) is 60.1. The van der Waals surface area contributed by atoms with Crippen LogP contribution in [0.15, 0.2) is 23.1 Å². The molecule has 0 amide bonds. The van der Waals surface area contributed by atoms with E-state index in [9.17, 15) is 39.6 Å². The number of aliphatic hydroxyl groups is 4. The number of rotatable bonds is 17. The standard InChI is InChI=1S/C58H94ClN5O16/c1-17-44-58(10,72)50(68)35(6)63(14)29-31(2)27-56(8,71)51(80-55-48(67)43(61(11)12)24-32(3)75-55)33(4)49(34(5)53(69)77-44)79-46-28-57(9,74-16)52(36(7)76-46)78-45(65)20-22-62(13)23-21-60-41-25-38-42(26-40(41)59)64(37-18-19-37)30-39(47(38)66)54(70)73-15/h25-26,30-37,43-44,46,48-52,55,60,67-68,71-72H,17-24,27-29H2,1-16H3/t31-,32-,33+,34-,35-,36+,43+,44-,46+,48-,49+,50-,51-,52+,55+,56-,57-,58-/m1/s1. The lowest BCUT2D eigenvalue weighted by molar-refractivity contribution is -0.318. The van der Waals surface area contributed by atoms with Gasteiger partial charge in [0.1, 0.15) is 35.1 Å². The molecule has 0 bridgehead atoms. The first-order valence-corrected chi connectivity index (χ1v) is 28.9. The fourth-order valence-electron chi connectivity index (χ4n) is 12.3. The molecule has 0 radical (unpaired) electrons. The van der Waals surface area contributed by atoms with E-state index in [1.807, 2.05) is 61.3 Å². The Kier molecular flexibility index (Phi) is 22.1. The number of fused-ring (bicyclic) bond motifs is 1. The molecule has 21 nitrogen and oxygen atoms in total. The van der Waals surface area contributed by atoms with E-state index >= 15 is 0 Å². The number of ether oxygens (including phenoxy) is 8. The molecule has 80 heavy (non-hydrogen) atoms. The van der Waals surface area contributed by atoms with Crippen LogP contribution >= 0.6 is 11.6 Å². The van der Waals surface area contributed by atoms with Crippen LogP contribution in [0.4, 0.5) is 5.69 Å². The first kappa shape index (κ1) is 65.6. The topological polar surface area (TPSA) is 250 Å². The van der Waals surface area contributed by atoms with Crippen LogP contribution in [0.1, 0.15) is 131 Å². The van der Waals surface area contributed by atoms with Gasteiger partial charge in [0.15, 0.2) is 18.7 Å². The number of esters is 3. The number of nitrogens with one attached hydrogen (secondary N) is 1. The Balaban J connectivity index is 1.19. The van der Waals surface area contributed by atoms with Crippen LogP contribution in [0.25, 0.3) is 10.9 Å². The summed E-state index contributed by atoms with van der Waals surface area (Å²) in [5.41, 5.74) is -3.99. The number of halogens is 1. The number of methoxy groups -OCH3 is 2. The zero-order valence-corrected chi connectivity index (χ0v) is 50.9. The van der Waals surface area contributed by atoms with E-state index in [0.29, 0.717) is 54.2 Å². The third-order valence-corrected chi connectivity index (χ3v) is 17.7. The molecule has 6 rings (SSSR count). The molecule has 4 heterocycles. The van der Waals surface area contributed by atoms with Gasteiger partial charge in [-0.25, -0.2) is 4.79 Å². The summed E-state index contributed by atoms with van der Waals surface area (Å²) in [5, 5.41) is 52.3. The molecule has 1 aromatic carbocycles. The molecule has 22 heteroatoms. The minimum absolute atomic E-state index is 0.0255. The summed E-state index contributed by atoms with van der Waals surface area (Å²) in [6.45, 7) is 19.2. The number of aromatic nitrogens is 1. The van der Waals surface area contributed by atoms with Crippen molar-refractivity contribution >= 4 is 46.1 Å². The van der Waals surface area contributed by atoms with E-state index in [4.69, 9.17) is 49.5 Å². The molecule has 454 valence electrons. The smallest absolute Gasteiger partial charge is 0.343 e. The number of hydrogen-bond donors (Lipinski definition) is 5. The number of aliphatic hydroxyl groups excluding tert-OH is 2. The Labute approximate surface area is 477 Å². The molecule has 3 saturated heterocycles. The monoisotopic (exact) mass is 1150 g/mol. The molecule has 1 aromatic heterocycles. The van der Waals surface area contributed by atoms with Gasteiger partial charge in [0.25, 0.3) is 0 Å². The molecule has 1 aliphatic carbocycles. The number of benzene rings is 1. The molecule has 0 spiro atoms. The number of anilines is 1. The first-order valence-electron chi connectivity index (χ1n) is 28.5. The number of likely N-dealkylation sites (N-methyl/N-ethyl adjacent to an activating group) is 3. The lowest BCUT2D eigenvalue weighted by Gasteiger charge is -2.49. The zero-order valence-electron chi connectivity index (χ0n) is 50.1. The van der Waals surface area contributed by atoms with E-state index < -0.39 is 113 Å². The van der Waals surface area contributed by atoms with Crippen LogP contribution in [0.2, 0.25) is 5.02 Å². The summed E-state index contributed by atoms with van der Waals surface area (Å²) in [6, 6.07) is 2.65. The molecule has 1 saturated carbocycles. The van der Waals surface area contributed by atoms with E-state index in [1.165, 1.54) is 21.1 Å². The number of cyclic esters (lactones) is 1. The van der Waals surface area contributed by atoms with Gasteiger partial charge in [-0.15, -0.1) is 0 Å². The van der Waals surface area contributed by atoms with E-state index in [0.717, 1.165) is 12.8 Å². The summed E-state index contributed by atoms with van der Waals surface area (Å²) < 4.78 is 51.9. The van der Waals surface area contributed by atoms with Gasteiger partial charge in [-0.2, -0.15) is 0 Å². The predicted octanol–water partition coefficient (Wildman–Crippen LogP) is 4.98. The maximum atomic E-state index is 14.6. The molecular formula is C58H94ClN5O16. The molecular weight excluding hydrogens is 1060 g/mol. The maximum Gasteiger partial charge on any atom is 0.343 e. The predicted molar refractivity (Wildman–Crippen MR) is 301 cm³/mol. The van der Waals surface area contributed by atoms with Crippen LogP contribution < -0.4 is 10.7 Å². The highest BCUT2D eigenvalue weighted by molar-refractivity contribution is 6.34. The van der Waals surface area contributed by atoms with Crippen molar-refractivity contribution in [1.29, 1.82) is 0 Å². The fourth-order valence-corrected chi connectivity index (χ4v) is 12.6. The van der Waals surface area contributed by atoms with Gasteiger partial charge in [-0.05, 0) is 127 Å². The van der Waals surface area contributed by atoms with Gasteiger partial charge in [0.05, 0.1) is 65.7 Å². The highest BCUT2D eigenvalue weighted by atomic mass is 35.5. The van der Waals surface area contributed by atoms with Crippen molar-refractivity contribution in [2.45, 2.75) is 211 Å². The van der Waals surface area contributed by atoms with E-state index in [2.05, 4.69) is 5.32 Å². The second kappa shape index (κ2) is 27.0. The van der Waals surface area contributed by atoms with Crippen molar-refractivity contribution in [3.05, 3.63) is 39.1 Å². The van der Waals surface area contributed by atoms with Crippen molar-refractivity contribution in [3.63, 3.8) is 0 Å². The van der Waals surface area contributed by atoms with Gasteiger partial charge in [0.2, 0.25) is 5.43 Å². The molecule has 4 fully saturated rings. The highest BCUT2D eigenvalue weighted by Crippen LogP contribution is 2.42. The number of pyridine rings is 1. The van der Waals surface area contributed by atoms with Crippen LogP contribution in [-0.2, 0) is 47.5 Å². The van der Waals surface area contributed by atoms with Crippen molar-refractivity contribution in [2.24, 2.45) is 17.8 Å². The fraction of sp³-hybridized carbons (Fsp3) is 0.793. The largest absolute Gasteiger partial charge is 0.465 e. The summed E-state index contributed by atoms with van der Waals surface area (Å²) in [7, 11) is 10.2. The zero-order chi connectivity index (χ0) is 59.5. The van der Waals surface area contributed by atoms with Crippen LogP contribution in [0.5, 0.6) is 0 Å². The molecule has 18 atom stereocenters. The van der Waals surface area contributed by atoms with Crippen LogP contribution in [-0.4, -0.2) is 216 Å². The maximum absolute atomic E-state index is 14.6. The number of carbonyl (C=O) groups is 3. The Morgan fingerprint density at radius 1 is 0.938 bits per heavy atom. The van der Waals surface area contributed by atoms with Gasteiger partial charge in [-0.3, -0.25) is 14.4 Å².